The fourth-order valence-electron chi connectivity index (χ4n) is 3.35. The maximum atomic E-state index is 12.8. The zero-order chi connectivity index (χ0) is 16.5. The highest BCUT2D eigenvalue weighted by atomic mass is 16.6. The number of para-hydroxylation sites is 1. The first-order valence-electron chi connectivity index (χ1n) is 8.15. The summed E-state index contributed by atoms with van der Waals surface area (Å²) in [6.07, 6.45) is 1.99. The number of nitrogens with zero attached hydrogens (tertiary/aromatic N) is 2. The minimum atomic E-state index is -0.192. The van der Waals surface area contributed by atoms with Crippen molar-refractivity contribution in [3.63, 3.8) is 0 Å². The summed E-state index contributed by atoms with van der Waals surface area (Å²) >= 11 is 0. The number of hydrogen-bond donors (Lipinski definition) is 0. The highest BCUT2D eigenvalue weighted by Crippen LogP contribution is 2.29. The predicted octanol–water partition coefficient (Wildman–Crippen LogP) is 2.87. The second-order valence-electron chi connectivity index (χ2n) is 5.99. The Labute approximate surface area is 139 Å². The molecule has 6 nitrogen and oxygen atoms in total. The summed E-state index contributed by atoms with van der Waals surface area (Å²) in [5.41, 5.74) is 0. The summed E-state index contributed by atoms with van der Waals surface area (Å²) in [5, 5.41) is 0. The van der Waals surface area contributed by atoms with Gasteiger partial charge in [0.05, 0.1) is 0 Å². The quantitative estimate of drug-likeness (QED) is 0.870. The van der Waals surface area contributed by atoms with E-state index >= 15 is 0 Å². The highest BCUT2D eigenvalue weighted by molar-refractivity contribution is 5.93. The van der Waals surface area contributed by atoms with E-state index in [0.29, 0.717) is 18.7 Å². The molecule has 2 saturated heterocycles. The average molecular weight is 326 g/mol. The van der Waals surface area contributed by atoms with Crippen LogP contribution in [0.2, 0.25) is 0 Å². The molecule has 2 aliphatic rings. The molecule has 1 unspecified atom stereocenters. The van der Waals surface area contributed by atoms with Crippen molar-refractivity contribution in [2.75, 3.05) is 13.1 Å². The van der Waals surface area contributed by atoms with Crippen LogP contribution in [0, 0.1) is 0 Å². The fourth-order valence-corrected chi connectivity index (χ4v) is 3.35. The number of benzene rings is 1. The lowest BCUT2D eigenvalue weighted by molar-refractivity contribution is -0.139. The molecule has 1 aromatic heterocycles. The number of furan rings is 1. The van der Waals surface area contributed by atoms with Crippen molar-refractivity contribution in [1.82, 2.24) is 9.80 Å². The molecule has 0 saturated carbocycles. The van der Waals surface area contributed by atoms with Gasteiger partial charge in [-0.15, -0.1) is 0 Å². The van der Waals surface area contributed by atoms with Gasteiger partial charge in [-0.3, -0.25) is 9.59 Å². The maximum Gasteiger partial charge on any atom is 0.291 e. The Hall–Kier alpha value is -2.76. The molecule has 2 aromatic rings. The third-order valence-electron chi connectivity index (χ3n) is 4.48. The molecule has 6 heteroatoms. The molecule has 0 spiro atoms. The topological polar surface area (TPSA) is 63.0 Å². The average Bonchev–Trinajstić information content (AvgIpc) is 3.25. The fraction of sp³-hybridized carbons (Fsp3) is 0.333. The van der Waals surface area contributed by atoms with Crippen LogP contribution in [0.15, 0.2) is 46.9 Å². The number of carbonyl (C=O) groups is 2. The van der Waals surface area contributed by atoms with Crippen LogP contribution in [0.4, 0.5) is 0 Å². The van der Waals surface area contributed by atoms with Crippen LogP contribution >= 0.6 is 0 Å². The van der Waals surface area contributed by atoms with Crippen molar-refractivity contribution in [3.8, 4) is 11.7 Å². The standard InChI is InChI=1S/C18H18N2O4/c21-16-10-12-20(15-7-4-11-19(15)16)18(22)14-8-9-17(24-14)23-13-5-2-1-3-6-13/h1-3,5-6,8-9,15H,4,7,10-12H2. The molecule has 3 heterocycles. The smallest absolute Gasteiger partial charge is 0.291 e. The second-order valence-corrected chi connectivity index (χ2v) is 5.99. The summed E-state index contributed by atoms with van der Waals surface area (Å²) in [5.74, 6) is 1.11. The maximum absolute atomic E-state index is 12.8. The second kappa shape index (κ2) is 6.03. The Morgan fingerprint density at radius 2 is 1.96 bits per heavy atom. The van der Waals surface area contributed by atoms with Crippen LogP contribution in [0.3, 0.4) is 0 Å². The van der Waals surface area contributed by atoms with E-state index in [-0.39, 0.29) is 29.7 Å². The van der Waals surface area contributed by atoms with Crippen molar-refractivity contribution in [1.29, 1.82) is 0 Å². The van der Waals surface area contributed by atoms with Gasteiger partial charge in [0.1, 0.15) is 11.9 Å². The van der Waals surface area contributed by atoms with Crippen LogP contribution in [0.1, 0.15) is 29.8 Å². The van der Waals surface area contributed by atoms with Crippen LogP contribution in [-0.4, -0.2) is 40.9 Å². The Kier molecular flexibility index (Phi) is 3.72. The van der Waals surface area contributed by atoms with Gasteiger partial charge >= 0.3 is 0 Å². The zero-order valence-electron chi connectivity index (χ0n) is 13.2. The normalized spacial score (nSPS) is 20.2. The van der Waals surface area contributed by atoms with Crippen LogP contribution in [0.25, 0.3) is 0 Å². The third-order valence-corrected chi connectivity index (χ3v) is 4.48. The van der Waals surface area contributed by atoms with Crippen molar-refractivity contribution in [2.45, 2.75) is 25.4 Å². The Morgan fingerprint density at radius 3 is 2.79 bits per heavy atom. The molecule has 24 heavy (non-hydrogen) atoms. The minimum absolute atomic E-state index is 0.133. The third kappa shape index (κ3) is 2.64. The SMILES string of the molecule is O=C1CCN(C(=O)c2ccc(Oc3ccccc3)o2)C2CCCN12. The number of ether oxygens (including phenoxy) is 1. The van der Waals surface area contributed by atoms with E-state index in [2.05, 4.69) is 0 Å². The van der Waals surface area contributed by atoms with Gasteiger partial charge < -0.3 is 19.0 Å². The van der Waals surface area contributed by atoms with Gasteiger partial charge in [0.25, 0.3) is 11.9 Å². The number of carbonyl (C=O) groups excluding carboxylic acids is 2. The summed E-state index contributed by atoms with van der Waals surface area (Å²) < 4.78 is 11.2. The van der Waals surface area contributed by atoms with Gasteiger partial charge in [-0.05, 0) is 31.0 Å². The van der Waals surface area contributed by atoms with Crippen LogP contribution in [-0.2, 0) is 4.79 Å². The summed E-state index contributed by atoms with van der Waals surface area (Å²) in [6.45, 7) is 1.17. The first-order chi connectivity index (χ1) is 11.7. The van der Waals surface area contributed by atoms with Gasteiger partial charge in [0.15, 0.2) is 5.76 Å². The molecule has 2 fully saturated rings. The van der Waals surface area contributed by atoms with Crippen molar-refractivity contribution in [2.24, 2.45) is 0 Å². The van der Waals surface area contributed by atoms with Crippen molar-refractivity contribution in [3.05, 3.63) is 48.2 Å². The van der Waals surface area contributed by atoms with Crippen molar-refractivity contribution < 1.29 is 18.7 Å². The number of rotatable bonds is 3. The monoisotopic (exact) mass is 326 g/mol. The van der Waals surface area contributed by atoms with Gasteiger partial charge in [0, 0.05) is 25.6 Å². The van der Waals surface area contributed by atoms with Crippen LogP contribution in [0.5, 0.6) is 11.7 Å². The number of fused-ring (bicyclic) bond motifs is 1. The first kappa shape index (κ1) is 14.8. The lowest BCUT2D eigenvalue weighted by Crippen LogP contribution is -2.55. The van der Waals surface area contributed by atoms with E-state index in [9.17, 15) is 9.59 Å². The molecule has 2 amide bonds. The predicted molar refractivity (Wildman–Crippen MR) is 85.6 cm³/mol. The molecule has 0 aliphatic carbocycles. The molecule has 2 aliphatic heterocycles. The largest absolute Gasteiger partial charge is 0.426 e. The van der Waals surface area contributed by atoms with Crippen molar-refractivity contribution >= 4 is 11.8 Å². The molecular weight excluding hydrogens is 308 g/mol. The summed E-state index contributed by atoms with van der Waals surface area (Å²) in [7, 11) is 0. The molecule has 0 bridgehead atoms. The highest BCUT2D eigenvalue weighted by Gasteiger charge is 2.40. The summed E-state index contributed by atoms with van der Waals surface area (Å²) in [4.78, 5) is 28.2. The summed E-state index contributed by atoms with van der Waals surface area (Å²) in [6, 6.07) is 12.5. The van der Waals surface area contributed by atoms with E-state index in [0.717, 1.165) is 19.4 Å². The molecule has 0 radical (unpaired) electrons. The number of hydrogen-bond acceptors (Lipinski definition) is 4. The Morgan fingerprint density at radius 1 is 1.12 bits per heavy atom. The molecule has 1 atom stereocenters. The molecule has 1 aromatic carbocycles. The minimum Gasteiger partial charge on any atom is -0.426 e. The Balaban J connectivity index is 1.50. The lowest BCUT2D eigenvalue weighted by Gasteiger charge is -2.39. The molecule has 0 N–H and O–H groups in total. The van der Waals surface area contributed by atoms with E-state index in [1.54, 1.807) is 21.9 Å². The van der Waals surface area contributed by atoms with E-state index in [1.165, 1.54) is 0 Å². The molecule has 124 valence electrons. The van der Waals surface area contributed by atoms with Crippen LogP contribution < -0.4 is 4.74 Å². The molecule has 4 rings (SSSR count). The first-order valence-corrected chi connectivity index (χ1v) is 8.15. The molecular formula is C18H18N2O4. The Bertz CT molecular complexity index is 755. The van der Waals surface area contributed by atoms with E-state index in [4.69, 9.17) is 9.15 Å². The number of amides is 2. The van der Waals surface area contributed by atoms with Gasteiger partial charge in [-0.25, -0.2) is 0 Å². The van der Waals surface area contributed by atoms with Gasteiger partial charge in [0.2, 0.25) is 5.91 Å². The van der Waals surface area contributed by atoms with Gasteiger partial charge in [-0.1, -0.05) is 18.2 Å². The van der Waals surface area contributed by atoms with E-state index in [1.807, 2.05) is 30.3 Å². The van der Waals surface area contributed by atoms with E-state index < -0.39 is 0 Å². The lowest BCUT2D eigenvalue weighted by atomic mass is 10.2. The zero-order valence-corrected chi connectivity index (χ0v) is 13.2. The van der Waals surface area contributed by atoms with Gasteiger partial charge in [-0.2, -0.15) is 0 Å².